The number of carboxylic acids is 1. The van der Waals surface area contributed by atoms with Crippen molar-refractivity contribution in [3.63, 3.8) is 0 Å². The van der Waals surface area contributed by atoms with E-state index < -0.39 is 11.6 Å². The van der Waals surface area contributed by atoms with Gasteiger partial charge in [-0.05, 0) is 38.0 Å². The van der Waals surface area contributed by atoms with E-state index in [0.29, 0.717) is 10.8 Å². The van der Waals surface area contributed by atoms with Gasteiger partial charge in [0.1, 0.15) is 5.75 Å². The standard InChI is InChI=1S/C12H13ClO3/c1-12(11(14)15,8-5-6-8)16-10-4-2-3-9(13)7-10/h2-4,7-8H,5-6H2,1H3,(H,14,15). The number of rotatable bonds is 4. The van der Waals surface area contributed by atoms with Crippen LogP contribution >= 0.6 is 11.6 Å². The Hall–Kier alpha value is -1.22. The highest BCUT2D eigenvalue weighted by atomic mass is 35.5. The Morgan fingerprint density at radius 3 is 2.75 bits per heavy atom. The minimum Gasteiger partial charge on any atom is -0.478 e. The third kappa shape index (κ3) is 2.14. The molecule has 1 aliphatic carbocycles. The van der Waals surface area contributed by atoms with E-state index in [4.69, 9.17) is 16.3 Å². The fraction of sp³-hybridized carbons (Fsp3) is 0.417. The monoisotopic (exact) mass is 240 g/mol. The van der Waals surface area contributed by atoms with Crippen LogP contribution in [0.25, 0.3) is 0 Å². The Morgan fingerprint density at radius 1 is 1.56 bits per heavy atom. The summed E-state index contributed by atoms with van der Waals surface area (Å²) in [4.78, 5) is 11.2. The Kier molecular flexibility index (Phi) is 2.80. The third-order valence-corrected chi connectivity index (χ3v) is 3.14. The van der Waals surface area contributed by atoms with Gasteiger partial charge in [0.2, 0.25) is 5.60 Å². The second kappa shape index (κ2) is 3.98. The van der Waals surface area contributed by atoms with E-state index in [-0.39, 0.29) is 5.92 Å². The smallest absolute Gasteiger partial charge is 0.348 e. The van der Waals surface area contributed by atoms with Gasteiger partial charge in [0.25, 0.3) is 0 Å². The highest BCUT2D eigenvalue weighted by Gasteiger charge is 2.49. The Bertz CT molecular complexity index is 414. The number of ether oxygens (including phenoxy) is 1. The van der Waals surface area contributed by atoms with Gasteiger partial charge in [-0.25, -0.2) is 4.79 Å². The molecule has 0 saturated heterocycles. The molecule has 4 heteroatoms. The number of halogens is 1. The van der Waals surface area contributed by atoms with Crippen molar-refractivity contribution in [2.24, 2.45) is 5.92 Å². The highest BCUT2D eigenvalue weighted by Crippen LogP contribution is 2.42. The fourth-order valence-corrected chi connectivity index (χ4v) is 1.89. The second-order valence-electron chi connectivity index (χ2n) is 4.25. The zero-order valence-electron chi connectivity index (χ0n) is 8.94. The van der Waals surface area contributed by atoms with Crippen molar-refractivity contribution in [2.45, 2.75) is 25.4 Å². The molecule has 1 aromatic rings. The van der Waals surface area contributed by atoms with Gasteiger partial charge in [-0.2, -0.15) is 0 Å². The number of carbonyl (C=O) groups is 1. The zero-order valence-corrected chi connectivity index (χ0v) is 9.70. The summed E-state index contributed by atoms with van der Waals surface area (Å²) < 4.78 is 5.58. The molecule has 2 rings (SSSR count). The quantitative estimate of drug-likeness (QED) is 0.880. The first-order valence-electron chi connectivity index (χ1n) is 5.20. The van der Waals surface area contributed by atoms with Crippen LogP contribution in [0.2, 0.25) is 5.02 Å². The highest BCUT2D eigenvalue weighted by molar-refractivity contribution is 6.30. The molecule has 0 aromatic heterocycles. The van der Waals surface area contributed by atoms with Gasteiger partial charge in [-0.1, -0.05) is 17.7 Å². The van der Waals surface area contributed by atoms with E-state index in [9.17, 15) is 9.90 Å². The van der Waals surface area contributed by atoms with Crippen molar-refractivity contribution in [3.8, 4) is 5.75 Å². The predicted molar refractivity (Wildman–Crippen MR) is 60.8 cm³/mol. The summed E-state index contributed by atoms with van der Waals surface area (Å²) in [6.45, 7) is 1.62. The lowest BCUT2D eigenvalue weighted by Crippen LogP contribution is -2.43. The molecule has 3 nitrogen and oxygen atoms in total. The van der Waals surface area contributed by atoms with Crippen LogP contribution in [-0.4, -0.2) is 16.7 Å². The molecular formula is C12H13ClO3. The van der Waals surface area contributed by atoms with Crippen molar-refractivity contribution >= 4 is 17.6 Å². The molecule has 16 heavy (non-hydrogen) atoms. The largest absolute Gasteiger partial charge is 0.478 e. The molecule has 0 heterocycles. The summed E-state index contributed by atoms with van der Waals surface area (Å²) in [5, 5.41) is 9.76. The summed E-state index contributed by atoms with van der Waals surface area (Å²) in [5.41, 5.74) is -1.13. The molecule has 1 N–H and O–H groups in total. The maximum atomic E-state index is 11.2. The Balaban J connectivity index is 2.21. The first-order valence-corrected chi connectivity index (χ1v) is 5.58. The maximum Gasteiger partial charge on any atom is 0.348 e. The van der Waals surface area contributed by atoms with Crippen molar-refractivity contribution in [2.75, 3.05) is 0 Å². The lowest BCUT2D eigenvalue weighted by molar-refractivity contribution is -0.155. The lowest BCUT2D eigenvalue weighted by atomic mass is 10.0. The van der Waals surface area contributed by atoms with E-state index in [1.807, 2.05) is 0 Å². The van der Waals surface area contributed by atoms with Gasteiger partial charge in [0.05, 0.1) is 0 Å². The molecule has 1 aliphatic rings. The lowest BCUT2D eigenvalue weighted by Gasteiger charge is -2.26. The molecule has 1 unspecified atom stereocenters. The molecule has 0 spiro atoms. The summed E-state index contributed by atoms with van der Waals surface area (Å²) in [6.07, 6.45) is 1.81. The molecule has 0 amide bonds. The van der Waals surface area contributed by atoms with Crippen LogP contribution in [0.4, 0.5) is 0 Å². The van der Waals surface area contributed by atoms with Crippen LogP contribution in [-0.2, 0) is 4.79 Å². The minimum atomic E-state index is -1.13. The Morgan fingerprint density at radius 2 is 2.25 bits per heavy atom. The topological polar surface area (TPSA) is 46.5 Å². The van der Waals surface area contributed by atoms with Crippen molar-refractivity contribution < 1.29 is 14.6 Å². The first-order chi connectivity index (χ1) is 7.52. The molecule has 1 atom stereocenters. The maximum absolute atomic E-state index is 11.2. The summed E-state index contributed by atoms with van der Waals surface area (Å²) in [6, 6.07) is 6.82. The van der Waals surface area contributed by atoms with Crippen molar-refractivity contribution in [3.05, 3.63) is 29.3 Å². The summed E-state index contributed by atoms with van der Waals surface area (Å²) in [5.74, 6) is -0.316. The van der Waals surface area contributed by atoms with E-state index in [1.165, 1.54) is 0 Å². The van der Waals surface area contributed by atoms with Crippen LogP contribution in [0.15, 0.2) is 24.3 Å². The van der Waals surface area contributed by atoms with Crippen molar-refractivity contribution in [1.29, 1.82) is 0 Å². The average Bonchev–Trinajstić information content (AvgIpc) is 3.00. The molecule has 1 fully saturated rings. The molecule has 1 aromatic carbocycles. The molecular weight excluding hydrogens is 228 g/mol. The SMILES string of the molecule is CC(Oc1cccc(Cl)c1)(C(=O)O)C1CC1. The van der Waals surface area contributed by atoms with E-state index in [1.54, 1.807) is 31.2 Å². The van der Waals surface area contributed by atoms with Gasteiger partial charge >= 0.3 is 5.97 Å². The number of benzene rings is 1. The zero-order chi connectivity index (χ0) is 11.8. The van der Waals surface area contributed by atoms with Crippen LogP contribution in [0.3, 0.4) is 0 Å². The molecule has 0 aliphatic heterocycles. The normalized spacial score (nSPS) is 18.9. The number of aliphatic carboxylic acids is 1. The molecule has 0 bridgehead atoms. The van der Waals surface area contributed by atoms with Gasteiger partial charge in [0.15, 0.2) is 0 Å². The van der Waals surface area contributed by atoms with E-state index in [0.717, 1.165) is 12.8 Å². The third-order valence-electron chi connectivity index (χ3n) is 2.91. The second-order valence-corrected chi connectivity index (χ2v) is 4.68. The summed E-state index contributed by atoms with van der Waals surface area (Å²) in [7, 11) is 0. The van der Waals surface area contributed by atoms with Crippen molar-refractivity contribution in [1.82, 2.24) is 0 Å². The number of carboxylic acid groups (broad SMARTS) is 1. The van der Waals surface area contributed by atoms with Gasteiger partial charge in [0, 0.05) is 10.9 Å². The van der Waals surface area contributed by atoms with Crippen LogP contribution in [0, 0.1) is 5.92 Å². The van der Waals surface area contributed by atoms with Gasteiger partial charge in [-0.15, -0.1) is 0 Å². The molecule has 0 radical (unpaired) electrons. The number of hydrogen-bond donors (Lipinski definition) is 1. The van der Waals surface area contributed by atoms with Gasteiger partial charge < -0.3 is 9.84 Å². The summed E-state index contributed by atoms with van der Waals surface area (Å²) >= 11 is 5.82. The van der Waals surface area contributed by atoms with Crippen LogP contribution in [0.1, 0.15) is 19.8 Å². The fourth-order valence-electron chi connectivity index (χ4n) is 1.71. The van der Waals surface area contributed by atoms with E-state index >= 15 is 0 Å². The Labute approximate surface area is 99.0 Å². The molecule has 1 saturated carbocycles. The van der Waals surface area contributed by atoms with E-state index in [2.05, 4.69) is 0 Å². The van der Waals surface area contributed by atoms with Gasteiger partial charge in [-0.3, -0.25) is 0 Å². The number of hydrogen-bond acceptors (Lipinski definition) is 2. The minimum absolute atomic E-state index is 0.101. The van der Waals surface area contributed by atoms with Crippen LogP contribution in [0.5, 0.6) is 5.75 Å². The first kappa shape index (κ1) is 11.3. The predicted octanol–water partition coefficient (Wildman–Crippen LogP) is 2.97. The molecule has 86 valence electrons. The average molecular weight is 241 g/mol. The van der Waals surface area contributed by atoms with Crippen LogP contribution < -0.4 is 4.74 Å².